The number of anilines is 2. The van der Waals surface area contributed by atoms with Gasteiger partial charge in [-0.3, -0.25) is 0 Å². The summed E-state index contributed by atoms with van der Waals surface area (Å²) in [6.45, 7) is 0.808. The Balaban J connectivity index is 2.16. The maximum absolute atomic E-state index is 9.41. The van der Waals surface area contributed by atoms with Crippen LogP contribution in [0.3, 0.4) is 0 Å². The SMILES string of the molecule is CNc1nccc(N2CC(O)C(O)C2)n1. The highest BCUT2D eigenvalue weighted by Crippen LogP contribution is 2.18. The lowest BCUT2D eigenvalue weighted by molar-refractivity contribution is 0.0572. The number of aliphatic hydroxyl groups excluding tert-OH is 2. The molecule has 3 N–H and O–H groups in total. The average molecular weight is 210 g/mol. The van der Waals surface area contributed by atoms with Crippen LogP contribution in [-0.2, 0) is 0 Å². The first kappa shape index (κ1) is 10.1. The fourth-order valence-electron chi connectivity index (χ4n) is 1.60. The molecule has 2 atom stereocenters. The normalized spacial score (nSPS) is 25.7. The summed E-state index contributed by atoms with van der Waals surface area (Å²) in [5, 5.41) is 21.6. The van der Waals surface area contributed by atoms with Crippen molar-refractivity contribution in [1.29, 1.82) is 0 Å². The first-order valence-electron chi connectivity index (χ1n) is 4.82. The van der Waals surface area contributed by atoms with E-state index in [1.807, 2.05) is 4.90 Å². The maximum Gasteiger partial charge on any atom is 0.224 e. The van der Waals surface area contributed by atoms with Crippen LogP contribution in [-0.4, -0.2) is 52.5 Å². The number of nitrogens with zero attached hydrogens (tertiary/aromatic N) is 3. The minimum absolute atomic E-state index is 0.404. The van der Waals surface area contributed by atoms with Crippen molar-refractivity contribution in [1.82, 2.24) is 9.97 Å². The summed E-state index contributed by atoms with van der Waals surface area (Å²) < 4.78 is 0. The molecule has 1 aliphatic rings. The maximum atomic E-state index is 9.41. The molecule has 0 spiro atoms. The van der Waals surface area contributed by atoms with E-state index in [2.05, 4.69) is 15.3 Å². The quantitative estimate of drug-likeness (QED) is 0.584. The Hall–Kier alpha value is -1.40. The van der Waals surface area contributed by atoms with Crippen molar-refractivity contribution in [2.45, 2.75) is 12.2 Å². The molecular weight excluding hydrogens is 196 g/mol. The van der Waals surface area contributed by atoms with Gasteiger partial charge in [-0.1, -0.05) is 0 Å². The molecular formula is C9H14N4O2. The zero-order valence-corrected chi connectivity index (χ0v) is 8.46. The van der Waals surface area contributed by atoms with Gasteiger partial charge in [0.15, 0.2) is 0 Å². The fourth-order valence-corrected chi connectivity index (χ4v) is 1.60. The number of hydrogen-bond donors (Lipinski definition) is 3. The molecule has 2 rings (SSSR count). The summed E-state index contributed by atoms with van der Waals surface area (Å²) in [5.41, 5.74) is 0. The monoisotopic (exact) mass is 210 g/mol. The third-order valence-corrected chi connectivity index (χ3v) is 2.45. The molecule has 1 fully saturated rings. The average Bonchev–Trinajstić information content (AvgIpc) is 2.59. The Morgan fingerprint density at radius 2 is 2.07 bits per heavy atom. The van der Waals surface area contributed by atoms with Crippen LogP contribution in [0.25, 0.3) is 0 Å². The van der Waals surface area contributed by atoms with Crippen LogP contribution in [0.5, 0.6) is 0 Å². The Morgan fingerprint density at radius 3 is 2.67 bits per heavy atom. The summed E-state index contributed by atoms with van der Waals surface area (Å²) in [7, 11) is 1.74. The van der Waals surface area contributed by atoms with E-state index in [1.54, 1.807) is 19.3 Å². The van der Waals surface area contributed by atoms with Crippen LogP contribution in [0.1, 0.15) is 0 Å². The summed E-state index contributed by atoms with van der Waals surface area (Å²) in [6.07, 6.45) is 0.252. The van der Waals surface area contributed by atoms with Gasteiger partial charge in [0, 0.05) is 26.3 Å². The molecule has 82 valence electrons. The summed E-state index contributed by atoms with van der Waals surface area (Å²) >= 11 is 0. The topological polar surface area (TPSA) is 81.5 Å². The number of aromatic nitrogens is 2. The second-order valence-electron chi connectivity index (χ2n) is 3.53. The Labute approximate surface area is 87.6 Å². The minimum atomic E-state index is -0.696. The molecule has 1 aromatic rings. The van der Waals surface area contributed by atoms with Gasteiger partial charge in [0.25, 0.3) is 0 Å². The highest BCUT2D eigenvalue weighted by atomic mass is 16.3. The van der Waals surface area contributed by atoms with Gasteiger partial charge in [0.2, 0.25) is 5.95 Å². The van der Waals surface area contributed by atoms with Gasteiger partial charge < -0.3 is 20.4 Å². The van der Waals surface area contributed by atoms with Crippen molar-refractivity contribution in [2.24, 2.45) is 0 Å². The lowest BCUT2D eigenvalue weighted by Crippen LogP contribution is -2.22. The van der Waals surface area contributed by atoms with Crippen molar-refractivity contribution >= 4 is 11.8 Å². The molecule has 6 heteroatoms. The molecule has 0 aromatic carbocycles. The molecule has 15 heavy (non-hydrogen) atoms. The zero-order valence-electron chi connectivity index (χ0n) is 8.46. The number of hydrogen-bond acceptors (Lipinski definition) is 6. The largest absolute Gasteiger partial charge is 0.389 e. The lowest BCUT2D eigenvalue weighted by atomic mass is 10.3. The van der Waals surface area contributed by atoms with Crippen LogP contribution < -0.4 is 10.2 Å². The van der Waals surface area contributed by atoms with E-state index in [-0.39, 0.29) is 0 Å². The van der Waals surface area contributed by atoms with Gasteiger partial charge >= 0.3 is 0 Å². The van der Waals surface area contributed by atoms with E-state index in [9.17, 15) is 10.2 Å². The van der Waals surface area contributed by atoms with Gasteiger partial charge in [-0.15, -0.1) is 0 Å². The highest BCUT2D eigenvalue weighted by molar-refractivity contribution is 5.43. The van der Waals surface area contributed by atoms with Gasteiger partial charge in [0.1, 0.15) is 5.82 Å². The van der Waals surface area contributed by atoms with Crippen LogP contribution >= 0.6 is 0 Å². The lowest BCUT2D eigenvalue weighted by Gasteiger charge is -2.16. The van der Waals surface area contributed by atoms with E-state index in [0.29, 0.717) is 24.9 Å². The first-order chi connectivity index (χ1) is 7.20. The van der Waals surface area contributed by atoms with Crippen molar-refractivity contribution in [2.75, 3.05) is 30.4 Å². The minimum Gasteiger partial charge on any atom is -0.389 e. The highest BCUT2D eigenvalue weighted by Gasteiger charge is 2.30. The Kier molecular flexibility index (Phi) is 2.70. The first-order valence-corrected chi connectivity index (χ1v) is 4.82. The third-order valence-electron chi connectivity index (χ3n) is 2.45. The molecule has 0 bridgehead atoms. The number of rotatable bonds is 2. The van der Waals surface area contributed by atoms with Crippen LogP contribution in [0.15, 0.2) is 12.3 Å². The van der Waals surface area contributed by atoms with Gasteiger partial charge in [0.05, 0.1) is 12.2 Å². The predicted molar refractivity (Wildman–Crippen MR) is 55.8 cm³/mol. The van der Waals surface area contributed by atoms with Crippen LogP contribution in [0, 0.1) is 0 Å². The molecule has 1 saturated heterocycles. The predicted octanol–water partition coefficient (Wildman–Crippen LogP) is -0.940. The van der Waals surface area contributed by atoms with Gasteiger partial charge in [-0.2, -0.15) is 4.98 Å². The summed E-state index contributed by atoms with van der Waals surface area (Å²) in [4.78, 5) is 10.0. The van der Waals surface area contributed by atoms with Crippen molar-refractivity contribution in [3.05, 3.63) is 12.3 Å². The fraction of sp³-hybridized carbons (Fsp3) is 0.556. The second-order valence-corrected chi connectivity index (χ2v) is 3.53. The van der Waals surface area contributed by atoms with Gasteiger partial charge in [-0.05, 0) is 6.07 Å². The second kappa shape index (κ2) is 4.00. The van der Waals surface area contributed by atoms with E-state index in [1.165, 1.54) is 0 Å². The van der Waals surface area contributed by atoms with Crippen molar-refractivity contribution in [3.8, 4) is 0 Å². The van der Waals surface area contributed by atoms with Crippen molar-refractivity contribution < 1.29 is 10.2 Å². The van der Waals surface area contributed by atoms with E-state index >= 15 is 0 Å². The molecule has 6 nitrogen and oxygen atoms in total. The van der Waals surface area contributed by atoms with Crippen LogP contribution in [0.4, 0.5) is 11.8 Å². The Morgan fingerprint density at radius 1 is 1.40 bits per heavy atom. The zero-order chi connectivity index (χ0) is 10.8. The number of β-amino-alcohol motifs (C(OH)–C–C–N with tert-alkyl or cyclic N) is 2. The van der Waals surface area contributed by atoms with Gasteiger partial charge in [-0.25, -0.2) is 4.98 Å². The number of aliphatic hydroxyl groups is 2. The molecule has 0 saturated carbocycles. The molecule has 1 aromatic heterocycles. The standard InChI is InChI=1S/C9H14N4O2/c1-10-9-11-3-2-8(12-9)13-4-6(14)7(15)5-13/h2-3,6-7,14-15H,4-5H2,1H3,(H,10,11,12). The number of nitrogens with one attached hydrogen (secondary N) is 1. The van der Waals surface area contributed by atoms with E-state index in [4.69, 9.17) is 0 Å². The molecule has 0 amide bonds. The van der Waals surface area contributed by atoms with Crippen molar-refractivity contribution in [3.63, 3.8) is 0 Å². The molecule has 1 aliphatic heterocycles. The Bertz CT molecular complexity index is 337. The summed E-state index contributed by atoms with van der Waals surface area (Å²) in [6, 6.07) is 1.76. The smallest absolute Gasteiger partial charge is 0.224 e. The molecule has 0 aliphatic carbocycles. The van der Waals surface area contributed by atoms with E-state index in [0.717, 1.165) is 0 Å². The molecule has 2 heterocycles. The third kappa shape index (κ3) is 2.00. The molecule has 0 radical (unpaired) electrons. The van der Waals surface area contributed by atoms with Crippen LogP contribution in [0.2, 0.25) is 0 Å². The molecule has 2 unspecified atom stereocenters. The van der Waals surface area contributed by atoms with E-state index < -0.39 is 12.2 Å². The summed E-state index contributed by atoms with van der Waals surface area (Å²) in [5.74, 6) is 1.24.